The van der Waals surface area contributed by atoms with Crippen LogP contribution in [0.25, 0.3) is 0 Å². The number of amides is 3. The summed E-state index contributed by atoms with van der Waals surface area (Å²) in [6.45, 7) is 5.11. The van der Waals surface area contributed by atoms with Gasteiger partial charge in [0.25, 0.3) is 11.8 Å². The van der Waals surface area contributed by atoms with Crippen molar-refractivity contribution in [1.82, 2.24) is 14.5 Å². The van der Waals surface area contributed by atoms with Crippen molar-refractivity contribution in [1.29, 1.82) is 0 Å². The number of ether oxygens (including phenoxy) is 1. The van der Waals surface area contributed by atoms with E-state index in [4.69, 9.17) is 4.74 Å². The van der Waals surface area contributed by atoms with Gasteiger partial charge >= 0.3 is 6.09 Å². The highest BCUT2D eigenvalue weighted by Crippen LogP contribution is 2.37. The Morgan fingerprint density at radius 2 is 1.83 bits per heavy atom. The van der Waals surface area contributed by atoms with Crippen LogP contribution in [0.5, 0.6) is 0 Å². The summed E-state index contributed by atoms with van der Waals surface area (Å²) in [5, 5.41) is 5.80. The van der Waals surface area contributed by atoms with Crippen molar-refractivity contribution in [3.05, 3.63) is 45.8 Å². The second kappa shape index (κ2) is 11.8. The highest BCUT2D eigenvalue weighted by molar-refractivity contribution is 7.89. The predicted molar refractivity (Wildman–Crippen MR) is 138 cm³/mol. The highest BCUT2D eigenvalue weighted by atomic mass is 32.2. The fraction of sp³-hybridized carbons (Fsp3) is 0.458. The van der Waals surface area contributed by atoms with E-state index in [1.54, 1.807) is 11.8 Å². The molecule has 196 valence electrons. The van der Waals surface area contributed by atoms with Gasteiger partial charge in [0.15, 0.2) is 0 Å². The summed E-state index contributed by atoms with van der Waals surface area (Å²) in [6.07, 6.45) is 1.68. The SMILES string of the molecule is CCCCN(C)S(=O)(=O)c1ccc(C(=O)Nc2sc3c(c2C(=O)NC)CCN(C(=O)OCC)C3)cc1. The van der Waals surface area contributed by atoms with Crippen LogP contribution in [-0.4, -0.2) is 69.3 Å². The van der Waals surface area contributed by atoms with Crippen LogP contribution in [0.2, 0.25) is 0 Å². The molecule has 3 rings (SSSR count). The molecule has 10 nitrogen and oxygen atoms in total. The molecule has 1 aromatic carbocycles. The van der Waals surface area contributed by atoms with Gasteiger partial charge in [-0.25, -0.2) is 17.5 Å². The zero-order chi connectivity index (χ0) is 26.5. The normalized spacial score (nSPS) is 13.3. The number of hydrogen-bond acceptors (Lipinski definition) is 7. The Labute approximate surface area is 215 Å². The first-order valence-corrected chi connectivity index (χ1v) is 14.1. The Kier molecular flexibility index (Phi) is 9.09. The highest BCUT2D eigenvalue weighted by Gasteiger charge is 2.30. The van der Waals surface area contributed by atoms with Gasteiger partial charge in [-0.1, -0.05) is 13.3 Å². The minimum atomic E-state index is -3.64. The number of sulfonamides is 1. The summed E-state index contributed by atoms with van der Waals surface area (Å²) < 4.78 is 31.9. The molecule has 0 unspecified atom stereocenters. The van der Waals surface area contributed by atoms with Crippen molar-refractivity contribution in [2.45, 2.75) is 44.6 Å². The zero-order valence-corrected chi connectivity index (χ0v) is 22.6. The average molecular weight is 537 g/mol. The summed E-state index contributed by atoms with van der Waals surface area (Å²) in [6, 6.07) is 5.71. The minimum absolute atomic E-state index is 0.106. The number of carbonyl (C=O) groups excluding carboxylic acids is 3. The van der Waals surface area contributed by atoms with E-state index in [2.05, 4.69) is 10.6 Å². The molecule has 2 aromatic rings. The molecule has 1 aromatic heterocycles. The van der Waals surface area contributed by atoms with Crippen LogP contribution < -0.4 is 10.6 Å². The smallest absolute Gasteiger partial charge is 0.410 e. The number of unbranched alkanes of at least 4 members (excludes halogenated alkanes) is 1. The summed E-state index contributed by atoms with van der Waals surface area (Å²) in [7, 11) is -0.593. The molecule has 0 fully saturated rings. The molecule has 1 aliphatic rings. The summed E-state index contributed by atoms with van der Waals surface area (Å²) in [5.41, 5.74) is 1.44. The van der Waals surface area contributed by atoms with Crippen molar-refractivity contribution in [2.75, 3.05) is 39.1 Å². The van der Waals surface area contributed by atoms with Crippen LogP contribution in [0, 0.1) is 0 Å². The molecule has 0 aliphatic carbocycles. The number of hydrogen-bond donors (Lipinski definition) is 2. The Balaban J connectivity index is 1.82. The number of anilines is 1. The summed E-state index contributed by atoms with van der Waals surface area (Å²) in [5.74, 6) is -0.798. The molecule has 12 heteroatoms. The number of nitrogens with zero attached hydrogens (tertiary/aromatic N) is 2. The van der Waals surface area contributed by atoms with Gasteiger partial charge in [0.1, 0.15) is 5.00 Å². The van der Waals surface area contributed by atoms with Gasteiger partial charge in [0.05, 0.1) is 23.6 Å². The first kappa shape index (κ1) is 27.6. The molecule has 0 spiro atoms. The molecule has 0 bridgehead atoms. The molecule has 2 heterocycles. The average Bonchev–Trinajstić information content (AvgIpc) is 3.23. The van der Waals surface area contributed by atoms with Gasteiger partial charge in [-0.15, -0.1) is 11.3 Å². The number of rotatable bonds is 9. The van der Waals surface area contributed by atoms with Gasteiger partial charge < -0.3 is 20.3 Å². The second-order valence-electron chi connectivity index (χ2n) is 8.32. The lowest BCUT2D eigenvalue weighted by atomic mass is 10.0. The molecule has 36 heavy (non-hydrogen) atoms. The van der Waals surface area contributed by atoms with E-state index in [0.717, 1.165) is 23.3 Å². The van der Waals surface area contributed by atoms with E-state index in [0.29, 0.717) is 30.1 Å². The van der Waals surface area contributed by atoms with Gasteiger partial charge in [0.2, 0.25) is 10.0 Å². The van der Waals surface area contributed by atoms with E-state index in [-0.39, 0.29) is 29.5 Å². The van der Waals surface area contributed by atoms with E-state index >= 15 is 0 Å². The third kappa shape index (κ3) is 5.88. The first-order valence-electron chi connectivity index (χ1n) is 11.8. The van der Waals surface area contributed by atoms with Crippen molar-refractivity contribution in [3.63, 3.8) is 0 Å². The summed E-state index contributed by atoms with van der Waals surface area (Å²) >= 11 is 1.24. The maximum absolute atomic E-state index is 13.0. The number of thiophene rings is 1. The lowest BCUT2D eigenvalue weighted by molar-refractivity contribution is 0.0961. The van der Waals surface area contributed by atoms with Crippen molar-refractivity contribution < 1.29 is 27.5 Å². The molecule has 0 radical (unpaired) electrons. The van der Waals surface area contributed by atoms with E-state index in [1.165, 1.54) is 54.0 Å². The summed E-state index contributed by atoms with van der Waals surface area (Å²) in [4.78, 5) is 40.3. The van der Waals surface area contributed by atoms with Crippen LogP contribution in [0.4, 0.5) is 9.80 Å². The fourth-order valence-electron chi connectivity index (χ4n) is 3.86. The third-order valence-corrected chi connectivity index (χ3v) is 8.92. The molecule has 0 saturated carbocycles. The second-order valence-corrected chi connectivity index (χ2v) is 11.5. The number of fused-ring (bicyclic) bond motifs is 1. The number of benzene rings is 1. The molecule has 3 amide bonds. The maximum atomic E-state index is 13.0. The monoisotopic (exact) mass is 536 g/mol. The van der Waals surface area contributed by atoms with Crippen LogP contribution in [0.15, 0.2) is 29.2 Å². The van der Waals surface area contributed by atoms with E-state index in [1.807, 2.05) is 6.92 Å². The first-order chi connectivity index (χ1) is 17.1. The molecule has 2 N–H and O–H groups in total. The molecule has 0 saturated heterocycles. The number of carbonyl (C=O) groups is 3. The molecular formula is C24H32N4O6S2. The molecule has 0 atom stereocenters. The molecular weight excluding hydrogens is 504 g/mol. The fourth-order valence-corrected chi connectivity index (χ4v) is 6.33. The topological polar surface area (TPSA) is 125 Å². The molecule has 1 aliphatic heterocycles. The van der Waals surface area contributed by atoms with Crippen LogP contribution in [0.1, 0.15) is 57.8 Å². The van der Waals surface area contributed by atoms with Crippen molar-refractivity contribution >= 4 is 44.3 Å². The van der Waals surface area contributed by atoms with Gasteiger partial charge in [-0.05, 0) is 49.6 Å². The minimum Gasteiger partial charge on any atom is -0.450 e. The van der Waals surface area contributed by atoms with Gasteiger partial charge in [0, 0.05) is 37.6 Å². The predicted octanol–water partition coefficient (Wildman–Crippen LogP) is 3.30. The van der Waals surface area contributed by atoms with Crippen LogP contribution in [-0.2, 0) is 27.7 Å². The maximum Gasteiger partial charge on any atom is 0.410 e. The number of nitrogens with one attached hydrogen (secondary N) is 2. The lowest BCUT2D eigenvalue weighted by Gasteiger charge is -2.26. The van der Waals surface area contributed by atoms with Crippen LogP contribution >= 0.6 is 11.3 Å². The van der Waals surface area contributed by atoms with Crippen LogP contribution in [0.3, 0.4) is 0 Å². The Hall–Kier alpha value is -2.96. The van der Waals surface area contributed by atoms with Crippen molar-refractivity contribution in [2.24, 2.45) is 0 Å². The largest absolute Gasteiger partial charge is 0.450 e. The zero-order valence-electron chi connectivity index (χ0n) is 20.9. The van der Waals surface area contributed by atoms with Gasteiger partial charge in [-0.3, -0.25) is 9.59 Å². The van der Waals surface area contributed by atoms with E-state index < -0.39 is 22.0 Å². The quantitative estimate of drug-likeness (QED) is 0.507. The Morgan fingerprint density at radius 3 is 2.44 bits per heavy atom. The van der Waals surface area contributed by atoms with Gasteiger partial charge in [-0.2, -0.15) is 0 Å². The third-order valence-electron chi connectivity index (χ3n) is 5.92. The standard InChI is InChI=1S/C24H32N4O6S2/c1-5-7-13-27(4)36(32,33)17-10-8-16(9-11-17)21(29)26-23-20(22(30)25-3)18-12-14-28(15-19(18)35-23)24(31)34-6-2/h8-11H,5-7,12-15H2,1-4H3,(H,25,30)(H,26,29). The van der Waals surface area contributed by atoms with E-state index in [9.17, 15) is 22.8 Å². The Morgan fingerprint density at radius 1 is 1.14 bits per heavy atom. The lowest BCUT2D eigenvalue weighted by Crippen LogP contribution is -2.36. The Bertz CT molecular complexity index is 1220. The van der Waals surface area contributed by atoms with Crippen molar-refractivity contribution in [3.8, 4) is 0 Å².